The van der Waals surface area contributed by atoms with Crippen LogP contribution >= 0.6 is 15.9 Å². The van der Waals surface area contributed by atoms with Gasteiger partial charge in [-0.25, -0.2) is 4.68 Å². The SMILES string of the molecule is Cc1ccc(C(c2c(Br)c(=O)n(-c3ccccc3)n2C)N2CCNCC2)cc1. The first kappa shape index (κ1) is 19.2. The summed E-state index contributed by atoms with van der Waals surface area (Å²) >= 11 is 3.63. The van der Waals surface area contributed by atoms with Crippen molar-refractivity contribution < 1.29 is 0 Å². The van der Waals surface area contributed by atoms with E-state index >= 15 is 0 Å². The van der Waals surface area contributed by atoms with E-state index in [1.54, 1.807) is 4.68 Å². The summed E-state index contributed by atoms with van der Waals surface area (Å²) in [5, 5.41) is 3.43. The Balaban J connectivity index is 1.89. The minimum Gasteiger partial charge on any atom is -0.314 e. The Morgan fingerprint density at radius 3 is 2.29 bits per heavy atom. The summed E-state index contributed by atoms with van der Waals surface area (Å²) in [5.74, 6) is 0. The largest absolute Gasteiger partial charge is 0.314 e. The number of hydrogen-bond donors (Lipinski definition) is 1. The Bertz CT molecular complexity index is 1000. The number of hydrogen-bond acceptors (Lipinski definition) is 3. The molecule has 3 aromatic rings. The Morgan fingerprint density at radius 2 is 1.64 bits per heavy atom. The van der Waals surface area contributed by atoms with Crippen molar-refractivity contribution >= 4 is 15.9 Å². The van der Waals surface area contributed by atoms with Crippen LogP contribution < -0.4 is 10.9 Å². The van der Waals surface area contributed by atoms with Crippen molar-refractivity contribution in [3.05, 3.63) is 86.2 Å². The number of piperazine rings is 1. The van der Waals surface area contributed by atoms with E-state index in [0.717, 1.165) is 37.6 Å². The lowest BCUT2D eigenvalue weighted by Gasteiger charge is -2.35. The molecule has 2 heterocycles. The highest BCUT2D eigenvalue weighted by Gasteiger charge is 2.31. The van der Waals surface area contributed by atoms with Crippen molar-refractivity contribution in [2.24, 2.45) is 7.05 Å². The van der Waals surface area contributed by atoms with Gasteiger partial charge in [-0.15, -0.1) is 0 Å². The smallest absolute Gasteiger partial charge is 0.286 e. The van der Waals surface area contributed by atoms with Gasteiger partial charge < -0.3 is 5.32 Å². The molecule has 2 aromatic carbocycles. The minimum atomic E-state index is -0.0315. The van der Waals surface area contributed by atoms with Crippen molar-refractivity contribution in [2.45, 2.75) is 13.0 Å². The zero-order chi connectivity index (χ0) is 19.7. The molecular weight excluding hydrogens is 416 g/mol. The first-order chi connectivity index (χ1) is 13.6. The van der Waals surface area contributed by atoms with Crippen LogP contribution in [0.1, 0.15) is 22.9 Å². The summed E-state index contributed by atoms with van der Waals surface area (Å²) in [5.41, 5.74) is 4.26. The summed E-state index contributed by atoms with van der Waals surface area (Å²) < 4.78 is 4.36. The van der Waals surface area contributed by atoms with Gasteiger partial charge in [-0.05, 0) is 40.5 Å². The fourth-order valence-electron chi connectivity index (χ4n) is 3.98. The summed E-state index contributed by atoms with van der Waals surface area (Å²) in [6, 6.07) is 18.5. The highest BCUT2D eigenvalue weighted by molar-refractivity contribution is 9.10. The maximum Gasteiger partial charge on any atom is 0.286 e. The first-order valence-electron chi connectivity index (χ1n) is 9.62. The number of halogens is 1. The van der Waals surface area contributed by atoms with Gasteiger partial charge in [0.25, 0.3) is 5.56 Å². The maximum atomic E-state index is 13.1. The van der Waals surface area contributed by atoms with E-state index < -0.39 is 0 Å². The third kappa shape index (κ3) is 3.48. The number of nitrogens with one attached hydrogen (secondary N) is 1. The second-order valence-electron chi connectivity index (χ2n) is 7.27. The molecule has 1 atom stereocenters. The molecule has 1 aliphatic rings. The van der Waals surface area contributed by atoms with E-state index in [4.69, 9.17) is 0 Å². The summed E-state index contributed by atoms with van der Waals surface area (Å²) in [4.78, 5) is 15.6. The summed E-state index contributed by atoms with van der Waals surface area (Å²) in [6.45, 7) is 5.88. The fraction of sp³-hybridized carbons (Fsp3) is 0.318. The van der Waals surface area contributed by atoms with E-state index in [1.165, 1.54) is 11.1 Å². The number of rotatable bonds is 4. The van der Waals surface area contributed by atoms with Crippen molar-refractivity contribution in [3.63, 3.8) is 0 Å². The number of aromatic nitrogens is 2. The van der Waals surface area contributed by atoms with Crippen molar-refractivity contribution in [3.8, 4) is 5.69 Å². The van der Waals surface area contributed by atoms with Gasteiger partial charge in [0.05, 0.1) is 17.4 Å². The third-order valence-electron chi connectivity index (χ3n) is 5.42. The van der Waals surface area contributed by atoms with Crippen LogP contribution in [0.5, 0.6) is 0 Å². The van der Waals surface area contributed by atoms with Gasteiger partial charge in [0, 0.05) is 33.2 Å². The lowest BCUT2D eigenvalue weighted by Crippen LogP contribution is -2.46. The van der Waals surface area contributed by atoms with Crippen LogP contribution in [-0.2, 0) is 7.05 Å². The number of nitrogens with zero attached hydrogens (tertiary/aromatic N) is 3. The molecule has 4 rings (SSSR count). The van der Waals surface area contributed by atoms with Gasteiger partial charge in [0.15, 0.2) is 0 Å². The Hall–Kier alpha value is -2.15. The van der Waals surface area contributed by atoms with Crippen LogP contribution in [0.3, 0.4) is 0 Å². The lowest BCUT2D eigenvalue weighted by molar-refractivity contribution is 0.191. The van der Waals surface area contributed by atoms with Gasteiger partial charge in [-0.2, -0.15) is 0 Å². The molecule has 1 unspecified atom stereocenters. The Kier molecular flexibility index (Phi) is 5.53. The fourth-order valence-corrected chi connectivity index (χ4v) is 4.62. The molecule has 1 aliphatic heterocycles. The third-order valence-corrected chi connectivity index (χ3v) is 6.17. The maximum absolute atomic E-state index is 13.1. The predicted molar refractivity (Wildman–Crippen MR) is 116 cm³/mol. The Morgan fingerprint density at radius 1 is 1.00 bits per heavy atom. The standard InChI is InChI=1S/C22H25BrN4O/c1-16-8-10-17(11-9-16)20(26-14-12-24-13-15-26)21-19(23)22(28)27(25(21)2)18-6-4-3-5-7-18/h3-11,20,24H,12-15H2,1-2H3. The van der Waals surface area contributed by atoms with E-state index in [2.05, 4.69) is 57.3 Å². The van der Waals surface area contributed by atoms with Crippen LogP contribution in [-0.4, -0.2) is 40.4 Å². The predicted octanol–water partition coefficient (Wildman–Crippen LogP) is 3.24. The molecule has 0 saturated carbocycles. The molecule has 0 radical (unpaired) electrons. The topological polar surface area (TPSA) is 42.2 Å². The van der Waals surface area contributed by atoms with Crippen LogP contribution in [0.15, 0.2) is 63.9 Å². The number of para-hydroxylation sites is 1. The van der Waals surface area contributed by atoms with Gasteiger partial charge >= 0.3 is 0 Å². The highest BCUT2D eigenvalue weighted by atomic mass is 79.9. The zero-order valence-electron chi connectivity index (χ0n) is 16.2. The zero-order valence-corrected chi connectivity index (χ0v) is 17.8. The van der Waals surface area contributed by atoms with Crippen LogP contribution in [0.4, 0.5) is 0 Å². The highest BCUT2D eigenvalue weighted by Crippen LogP contribution is 2.33. The number of benzene rings is 2. The van der Waals surface area contributed by atoms with Crippen LogP contribution in [0, 0.1) is 6.92 Å². The van der Waals surface area contributed by atoms with Gasteiger partial charge in [-0.1, -0.05) is 48.0 Å². The lowest BCUT2D eigenvalue weighted by atomic mass is 10.00. The summed E-state index contributed by atoms with van der Waals surface area (Å²) in [6.07, 6.45) is 0. The molecule has 5 nitrogen and oxygen atoms in total. The molecule has 0 spiro atoms. The molecule has 1 N–H and O–H groups in total. The van der Waals surface area contributed by atoms with Gasteiger partial charge in [0.2, 0.25) is 0 Å². The monoisotopic (exact) mass is 440 g/mol. The minimum absolute atomic E-state index is 0.0136. The molecular formula is C22H25BrN4O. The normalized spacial score (nSPS) is 16.2. The molecule has 28 heavy (non-hydrogen) atoms. The van der Waals surface area contributed by atoms with E-state index in [0.29, 0.717) is 4.47 Å². The molecule has 1 fully saturated rings. The molecule has 146 valence electrons. The second kappa shape index (κ2) is 8.07. The van der Waals surface area contributed by atoms with Gasteiger partial charge in [-0.3, -0.25) is 14.4 Å². The van der Waals surface area contributed by atoms with E-state index in [9.17, 15) is 4.79 Å². The molecule has 0 bridgehead atoms. The van der Waals surface area contributed by atoms with Gasteiger partial charge in [0.1, 0.15) is 4.47 Å². The van der Waals surface area contributed by atoms with Crippen molar-refractivity contribution in [1.29, 1.82) is 0 Å². The summed E-state index contributed by atoms with van der Waals surface area (Å²) in [7, 11) is 1.97. The van der Waals surface area contributed by atoms with Crippen molar-refractivity contribution in [2.75, 3.05) is 26.2 Å². The quantitative estimate of drug-likeness (QED) is 0.676. The number of aryl methyl sites for hydroxylation is 1. The van der Waals surface area contributed by atoms with Crippen LogP contribution in [0.2, 0.25) is 0 Å². The average molecular weight is 441 g/mol. The molecule has 0 aliphatic carbocycles. The molecule has 0 amide bonds. The molecule has 1 saturated heterocycles. The Labute approximate surface area is 173 Å². The van der Waals surface area contributed by atoms with E-state index in [1.807, 2.05) is 42.1 Å². The molecule has 6 heteroatoms. The second-order valence-corrected chi connectivity index (χ2v) is 8.07. The first-order valence-corrected chi connectivity index (χ1v) is 10.4. The average Bonchev–Trinajstić information content (AvgIpc) is 2.94. The van der Waals surface area contributed by atoms with Crippen LogP contribution in [0.25, 0.3) is 5.69 Å². The molecule has 1 aromatic heterocycles. The van der Waals surface area contributed by atoms with Crippen molar-refractivity contribution in [1.82, 2.24) is 19.6 Å². The van der Waals surface area contributed by atoms with E-state index in [-0.39, 0.29) is 11.6 Å².